The van der Waals surface area contributed by atoms with Crippen LogP contribution in [0.1, 0.15) is 55.8 Å². The number of allylic oxidation sites excluding steroid dienone is 3. The largest absolute Gasteiger partial charge is 0.485 e. The lowest BCUT2D eigenvalue weighted by Gasteiger charge is -2.41. The Balaban J connectivity index is 1.60. The summed E-state index contributed by atoms with van der Waals surface area (Å²) in [5.41, 5.74) is 7.01. The fraction of sp³-hybridized carbons (Fsp3) is 0.308. The van der Waals surface area contributed by atoms with Gasteiger partial charge in [-0.15, -0.1) is 0 Å². The first-order valence-corrected chi connectivity index (χ1v) is 10.3. The van der Waals surface area contributed by atoms with E-state index in [9.17, 15) is 0 Å². The van der Waals surface area contributed by atoms with Crippen molar-refractivity contribution in [2.75, 3.05) is 0 Å². The summed E-state index contributed by atoms with van der Waals surface area (Å²) in [5.74, 6) is 1.68. The molecule has 2 atom stereocenters. The smallest absolute Gasteiger partial charge is 0.131 e. The van der Waals surface area contributed by atoms with E-state index < -0.39 is 0 Å². The van der Waals surface area contributed by atoms with Gasteiger partial charge in [-0.2, -0.15) is 0 Å². The molecule has 2 aliphatic carbocycles. The van der Waals surface area contributed by atoms with E-state index in [1.54, 1.807) is 5.57 Å². The molecule has 1 aliphatic heterocycles. The molecule has 27 heavy (non-hydrogen) atoms. The summed E-state index contributed by atoms with van der Waals surface area (Å²) in [6, 6.07) is 21.5. The summed E-state index contributed by atoms with van der Waals surface area (Å²) < 4.78 is 6.80. The van der Waals surface area contributed by atoms with Crippen molar-refractivity contribution in [1.29, 1.82) is 0 Å². The van der Waals surface area contributed by atoms with Crippen LogP contribution in [-0.4, -0.2) is 0 Å². The predicted molar refractivity (Wildman–Crippen MR) is 111 cm³/mol. The first-order chi connectivity index (χ1) is 13.4. The summed E-state index contributed by atoms with van der Waals surface area (Å²) >= 11 is 0. The Labute approximate surface area is 162 Å². The third kappa shape index (κ3) is 3.16. The average molecular weight is 354 g/mol. The van der Waals surface area contributed by atoms with Gasteiger partial charge in [-0.05, 0) is 72.4 Å². The fourth-order valence-electron chi connectivity index (χ4n) is 4.90. The second-order valence-electron chi connectivity index (χ2n) is 7.89. The fourth-order valence-corrected chi connectivity index (χ4v) is 4.90. The molecule has 0 fully saturated rings. The lowest BCUT2D eigenvalue weighted by Crippen LogP contribution is -2.28. The summed E-state index contributed by atoms with van der Waals surface area (Å²) in [4.78, 5) is 0. The zero-order chi connectivity index (χ0) is 18.1. The molecule has 0 amide bonds. The average Bonchev–Trinajstić information content (AvgIpc) is 2.75. The van der Waals surface area contributed by atoms with Gasteiger partial charge >= 0.3 is 0 Å². The minimum Gasteiger partial charge on any atom is -0.485 e. The van der Waals surface area contributed by atoms with E-state index >= 15 is 0 Å². The van der Waals surface area contributed by atoms with Gasteiger partial charge in [0.1, 0.15) is 11.9 Å². The van der Waals surface area contributed by atoms with Gasteiger partial charge in [0, 0.05) is 5.92 Å². The van der Waals surface area contributed by atoms with E-state index in [2.05, 4.69) is 72.8 Å². The first-order valence-electron chi connectivity index (χ1n) is 10.3. The summed E-state index contributed by atoms with van der Waals surface area (Å²) in [5, 5.41) is 0. The van der Waals surface area contributed by atoms with Gasteiger partial charge in [-0.25, -0.2) is 0 Å². The van der Waals surface area contributed by atoms with Crippen molar-refractivity contribution in [3.8, 4) is 0 Å². The van der Waals surface area contributed by atoms with Crippen molar-refractivity contribution < 1.29 is 4.74 Å². The SMILES string of the molecule is C1=C2C3=C(OC(c4ccccc4)C2CCC1)/C(=C/c1ccccc1)CCC3. The molecule has 3 aliphatic rings. The topological polar surface area (TPSA) is 9.23 Å². The first kappa shape index (κ1) is 16.6. The monoisotopic (exact) mass is 354 g/mol. The zero-order valence-electron chi connectivity index (χ0n) is 15.7. The minimum absolute atomic E-state index is 0.147. The van der Waals surface area contributed by atoms with Gasteiger partial charge in [-0.1, -0.05) is 66.7 Å². The van der Waals surface area contributed by atoms with Gasteiger partial charge in [0.2, 0.25) is 0 Å². The van der Waals surface area contributed by atoms with Crippen LogP contribution in [0.2, 0.25) is 0 Å². The van der Waals surface area contributed by atoms with Crippen LogP contribution in [-0.2, 0) is 4.74 Å². The molecule has 2 unspecified atom stereocenters. The molecular weight excluding hydrogens is 328 g/mol. The highest BCUT2D eigenvalue weighted by Gasteiger charge is 2.39. The van der Waals surface area contributed by atoms with Crippen LogP contribution in [0.25, 0.3) is 6.08 Å². The zero-order valence-corrected chi connectivity index (χ0v) is 15.7. The highest BCUT2D eigenvalue weighted by atomic mass is 16.5. The molecule has 0 N–H and O–H groups in total. The maximum atomic E-state index is 6.80. The van der Waals surface area contributed by atoms with Crippen LogP contribution in [0.4, 0.5) is 0 Å². The Kier molecular flexibility index (Phi) is 4.45. The van der Waals surface area contributed by atoms with Gasteiger partial charge in [-0.3, -0.25) is 0 Å². The number of benzene rings is 2. The molecule has 5 rings (SSSR count). The summed E-state index contributed by atoms with van der Waals surface area (Å²) in [7, 11) is 0. The molecule has 0 saturated heterocycles. The van der Waals surface area contributed by atoms with E-state index in [1.807, 2.05) is 0 Å². The van der Waals surface area contributed by atoms with Crippen LogP contribution >= 0.6 is 0 Å². The van der Waals surface area contributed by atoms with Crippen molar-refractivity contribution in [3.63, 3.8) is 0 Å². The van der Waals surface area contributed by atoms with Crippen LogP contribution in [0.3, 0.4) is 0 Å². The minimum atomic E-state index is 0.147. The normalized spacial score (nSPS) is 26.1. The van der Waals surface area contributed by atoms with Gasteiger partial charge in [0.25, 0.3) is 0 Å². The number of rotatable bonds is 2. The van der Waals surface area contributed by atoms with Crippen molar-refractivity contribution in [3.05, 3.63) is 100 Å². The number of fused-ring (bicyclic) bond motifs is 2. The van der Waals surface area contributed by atoms with E-state index in [1.165, 1.54) is 53.7 Å². The van der Waals surface area contributed by atoms with Crippen LogP contribution < -0.4 is 0 Å². The van der Waals surface area contributed by atoms with Crippen LogP contribution in [0.5, 0.6) is 0 Å². The van der Waals surface area contributed by atoms with Crippen molar-refractivity contribution in [2.24, 2.45) is 5.92 Å². The Bertz CT molecular complexity index is 902. The predicted octanol–water partition coefficient (Wildman–Crippen LogP) is 7.01. The highest BCUT2D eigenvalue weighted by molar-refractivity contribution is 5.61. The number of ether oxygens (including phenoxy) is 1. The van der Waals surface area contributed by atoms with E-state index in [0.29, 0.717) is 5.92 Å². The second kappa shape index (κ2) is 7.23. The Morgan fingerprint density at radius 3 is 2.44 bits per heavy atom. The van der Waals surface area contributed by atoms with Crippen molar-refractivity contribution >= 4 is 6.08 Å². The number of hydrogen-bond donors (Lipinski definition) is 0. The van der Waals surface area contributed by atoms with Gasteiger partial charge in [0.05, 0.1) is 0 Å². The molecular formula is C26H26O. The molecule has 0 aromatic heterocycles. The van der Waals surface area contributed by atoms with E-state index in [4.69, 9.17) is 4.74 Å². The van der Waals surface area contributed by atoms with Crippen molar-refractivity contribution in [1.82, 2.24) is 0 Å². The van der Waals surface area contributed by atoms with Gasteiger partial charge < -0.3 is 4.74 Å². The molecule has 1 heteroatoms. The van der Waals surface area contributed by atoms with E-state index in [-0.39, 0.29) is 6.10 Å². The molecule has 2 aromatic rings. The summed E-state index contributed by atoms with van der Waals surface area (Å²) in [6.45, 7) is 0. The van der Waals surface area contributed by atoms with E-state index in [0.717, 1.165) is 12.8 Å². The molecule has 1 heterocycles. The molecule has 1 nitrogen and oxygen atoms in total. The molecule has 136 valence electrons. The quantitative estimate of drug-likeness (QED) is 0.564. The van der Waals surface area contributed by atoms with Crippen LogP contribution in [0.15, 0.2) is 89.2 Å². The van der Waals surface area contributed by atoms with Crippen molar-refractivity contribution in [2.45, 2.75) is 44.6 Å². The van der Waals surface area contributed by atoms with Crippen LogP contribution in [0, 0.1) is 5.92 Å². The van der Waals surface area contributed by atoms with Gasteiger partial charge in [0.15, 0.2) is 0 Å². The Morgan fingerprint density at radius 2 is 1.63 bits per heavy atom. The lowest BCUT2D eigenvalue weighted by molar-refractivity contribution is 0.0581. The summed E-state index contributed by atoms with van der Waals surface area (Å²) in [6.07, 6.45) is 12.2. The number of hydrogen-bond acceptors (Lipinski definition) is 1. The molecule has 2 aromatic carbocycles. The highest BCUT2D eigenvalue weighted by Crippen LogP contribution is 2.51. The standard InChI is InChI=1S/C26H26O/c1-3-10-19(11-4-1)18-21-14-9-17-24-22-15-7-8-16-23(22)25(27-26(21)24)20-12-5-2-6-13-20/h1-6,10-13,15,18,23,25H,7-9,14,16-17H2/b21-18+. The Hall–Kier alpha value is -2.54. The molecule has 0 spiro atoms. The molecule has 0 radical (unpaired) electrons. The molecule has 0 bridgehead atoms. The third-order valence-corrected chi connectivity index (χ3v) is 6.15. The lowest BCUT2D eigenvalue weighted by atomic mass is 9.73. The maximum absolute atomic E-state index is 6.80. The second-order valence-corrected chi connectivity index (χ2v) is 7.89. The Morgan fingerprint density at radius 1 is 0.852 bits per heavy atom. The molecule has 0 saturated carbocycles. The maximum Gasteiger partial charge on any atom is 0.131 e. The third-order valence-electron chi connectivity index (χ3n) is 6.15.